The van der Waals surface area contributed by atoms with E-state index in [1.54, 1.807) is 34.1 Å². The number of aromatic carboxylic acids is 1. The van der Waals surface area contributed by atoms with Gasteiger partial charge in [0.1, 0.15) is 21.8 Å². The van der Waals surface area contributed by atoms with Gasteiger partial charge in [-0.1, -0.05) is 124 Å². The van der Waals surface area contributed by atoms with Crippen LogP contribution in [0.15, 0.2) is 158 Å². The van der Waals surface area contributed by atoms with E-state index in [4.69, 9.17) is 25.1 Å². The normalized spacial score (nSPS) is 15.3. The molecule has 0 aliphatic carbocycles. The number of piperidine rings is 3. The Bertz CT molecular complexity index is 3430. The molecule has 95 heavy (non-hydrogen) atoms. The number of hydrogen-bond donors (Lipinski definition) is 4. The number of carbonyl (C=O) groups is 6. The van der Waals surface area contributed by atoms with Gasteiger partial charge in [0.25, 0.3) is 11.8 Å². The van der Waals surface area contributed by atoms with E-state index in [9.17, 15) is 28.8 Å². The van der Waals surface area contributed by atoms with Gasteiger partial charge in [-0.3, -0.25) is 9.59 Å². The molecule has 0 radical (unpaired) electrons. The van der Waals surface area contributed by atoms with Crippen LogP contribution >= 0.6 is 34.0 Å². The number of benzene rings is 4. The number of carbonyl (C=O) groups excluding carboxylic acids is 5. The standard InChI is InChI=1S/C26H28N2O3S.C24H32N2O3S.C18H28N2O2.C6H6O2S.2CH4/c1-19-12-13-24(32-19)25(29)27-23(21-8-4-2-5-9-21)18-20-14-16-28(17-15-20)26(30)31-22-10-6-3-7-11-22;1-17-10-11-21(30-17)22(27)25-20(19-8-6-5-7-9-19)16-18-12-14-26(15-13-18)23(28)29-24(2,3)4;1-18(2,3)22-17(21)20-11-9-14(10-12-20)13-16(19)15-7-5-4-6-8-15;1-4-2-3-5(9-4)6(7)8;;/h2-13,20,23H,14-18H2,1H3,(H,27,29);5-11,18,20H,12-16H2,1-4H3,(H,25,27);4-8,14,16H,9-13,19H2,1-3H3;2-3H,1H3,(H,7,8);2*1H4. The molecule has 6 heterocycles. The summed E-state index contributed by atoms with van der Waals surface area (Å²) in [5.74, 6) is 1.12. The van der Waals surface area contributed by atoms with Gasteiger partial charge in [-0.25, -0.2) is 19.2 Å². The number of thiophene rings is 3. The number of hydrogen-bond acceptors (Lipinski definition) is 13. The van der Waals surface area contributed by atoms with Crippen molar-refractivity contribution in [2.24, 2.45) is 23.5 Å². The second kappa shape index (κ2) is 38.0. The number of amides is 5. The fourth-order valence-corrected chi connectivity index (χ4v) is 13.5. The smallest absolute Gasteiger partial charge is 0.415 e. The molecular weight excluding hydrogens is 1250 g/mol. The Hall–Kier alpha value is -7.84. The summed E-state index contributed by atoms with van der Waals surface area (Å²) in [7, 11) is 0. The van der Waals surface area contributed by atoms with Crippen molar-refractivity contribution in [1.29, 1.82) is 0 Å². The highest BCUT2D eigenvalue weighted by Crippen LogP contribution is 2.33. The second-order valence-corrected chi connectivity index (χ2v) is 29.9. The first-order chi connectivity index (χ1) is 44.3. The van der Waals surface area contributed by atoms with Crippen LogP contribution in [0.3, 0.4) is 0 Å². The summed E-state index contributed by atoms with van der Waals surface area (Å²) in [4.78, 5) is 83.2. The number of nitrogens with one attached hydrogen (secondary N) is 2. The van der Waals surface area contributed by atoms with Crippen molar-refractivity contribution in [2.75, 3.05) is 39.3 Å². The SMILES string of the molecule is C.C.CC(C)(C)OC(=O)N1CCC(CC(N)c2ccccc2)CC1.Cc1ccc(C(=O)NC(CC2CCN(C(=O)OC(C)(C)C)CC2)c2ccccc2)s1.Cc1ccc(C(=O)NC(CC2CCN(C(=O)Oc3ccccc3)CC2)c2ccccc2)s1.Cc1ccc(C(=O)O)s1. The minimum Gasteiger partial charge on any atom is -0.477 e. The molecule has 5 amide bonds. The lowest BCUT2D eigenvalue weighted by atomic mass is 9.87. The summed E-state index contributed by atoms with van der Waals surface area (Å²) in [5, 5.41) is 14.9. The van der Waals surface area contributed by atoms with Crippen molar-refractivity contribution < 1.29 is 48.1 Å². The number of carboxylic acid groups (broad SMARTS) is 1. The molecule has 5 N–H and O–H groups in total. The molecule has 514 valence electrons. The summed E-state index contributed by atoms with van der Waals surface area (Å²) in [6.07, 6.45) is 7.57. The molecule has 3 aliphatic rings. The third-order valence-electron chi connectivity index (χ3n) is 16.2. The number of nitrogens with zero attached hydrogens (tertiary/aromatic N) is 3. The predicted octanol–water partition coefficient (Wildman–Crippen LogP) is 18.1. The van der Waals surface area contributed by atoms with Crippen LogP contribution in [-0.2, 0) is 9.47 Å². The van der Waals surface area contributed by atoms with Crippen LogP contribution in [0.2, 0.25) is 0 Å². The third-order valence-corrected chi connectivity index (χ3v) is 19.2. The van der Waals surface area contributed by atoms with Crippen LogP contribution in [0.25, 0.3) is 0 Å². The first kappa shape index (κ1) is 77.9. The lowest BCUT2D eigenvalue weighted by molar-refractivity contribution is 0.0168. The molecule has 10 rings (SSSR count). The zero-order valence-corrected chi connectivity index (χ0v) is 57.8. The van der Waals surface area contributed by atoms with E-state index < -0.39 is 17.2 Å². The van der Waals surface area contributed by atoms with Gasteiger partial charge in [-0.2, -0.15) is 0 Å². The fourth-order valence-electron chi connectivity index (χ4n) is 11.3. The highest BCUT2D eigenvalue weighted by molar-refractivity contribution is 7.14. The summed E-state index contributed by atoms with van der Waals surface area (Å²) >= 11 is 4.33. The van der Waals surface area contributed by atoms with Gasteiger partial charge < -0.3 is 50.4 Å². The molecule has 16 nitrogen and oxygen atoms in total. The van der Waals surface area contributed by atoms with E-state index in [1.165, 1.54) is 39.6 Å². The van der Waals surface area contributed by atoms with Gasteiger partial charge in [0.2, 0.25) is 0 Å². The molecule has 3 atom stereocenters. The first-order valence-corrected chi connectivity index (χ1v) is 34.7. The minimum absolute atomic E-state index is 0. The van der Waals surface area contributed by atoms with E-state index in [0.29, 0.717) is 54.6 Å². The molecule has 3 aromatic heterocycles. The van der Waals surface area contributed by atoms with Crippen molar-refractivity contribution in [1.82, 2.24) is 25.3 Å². The second-order valence-electron chi connectivity index (χ2n) is 26.1. The van der Waals surface area contributed by atoms with Crippen LogP contribution in [0, 0.1) is 38.5 Å². The molecule has 7 aromatic rings. The highest BCUT2D eigenvalue weighted by Gasteiger charge is 2.32. The van der Waals surface area contributed by atoms with Crippen LogP contribution in [0.1, 0.15) is 193 Å². The van der Waals surface area contributed by atoms with Gasteiger partial charge in [0.15, 0.2) is 0 Å². The van der Waals surface area contributed by atoms with E-state index in [1.807, 2.05) is 164 Å². The Morgan fingerprint density at radius 2 is 0.758 bits per heavy atom. The van der Waals surface area contributed by atoms with Crippen molar-refractivity contribution in [3.63, 3.8) is 0 Å². The molecule has 0 bridgehead atoms. The van der Waals surface area contributed by atoms with Gasteiger partial charge in [-0.15, -0.1) is 34.0 Å². The van der Waals surface area contributed by atoms with Crippen LogP contribution in [0.4, 0.5) is 14.4 Å². The van der Waals surface area contributed by atoms with Gasteiger partial charge >= 0.3 is 24.2 Å². The average molecular weight is 1360 g/mol. The predicted molar refractivity (Wildman–Crippen MR) is 386 cm³/mol. The number of ether oxygens (including phenoxy) is 3. The fraction of sp³-hybridized carbons (Fsp3) is 0.447. The maximum absolute atomic E-state index is 12.8. The van der Waals surface area contributed by atoms with Crippen molar-refractivity contribution in [3.05, 3.63) is 204 Å². The number of rotatable bonds is 15. The molecule has 4 aromatic carbocycles. The molecule has 3 saturated heterocycles. The van der Waals surface area contributed by atoms with Crippen LogP contribution < -0.4 is 21.1 Å². The van der Waals surface area contributed by atoms with E-state index in [2.05, 4.69) is 47.0 Å². The molecule has 3 fully saturated rings. The summed E-state index contributed by atoms with van der Waals surface area (Å²) < 4.78 is 16.4. The molecule has 3 aliphatic heterocycles. The Kier molecular flexibility index (Phi) is 31.2. The zero-order chi connectivity index (χ0) is 67.1. The Morgan fingerprint density at radius 3 is 1.06 bits per heavy atom. The number of nitrogens with two attached hydrogens (primary N) is 1. The van der Waals surface area contributed by atoms with Crippen molar-refractivity contribution in [2.45, 2.75) is 164 Å². The van der Waals surface area contributed by atoms with Gasteiger partial charge in [0.05, 0.1) is 21.8 Å². The monoisotopic (exact) mass is 1350 g/mol. The number of likely N-dealkylation sites (tertiary alicyclic amines) is 3. The number of carboxylic acids is 1. The largest absolute Gasteiger partial charge is 0.477 e. The quantitative estimate of drug-likeness (QED) is 0.0759. The third kappa shape index (κ3) is 26.7. The Balaban J connectivity index is 0.000000242. The van der Waals surface area contributed by atoms with E-state index in [-0.39, 0.29) is 63.1 Å². The van der Waals surface area contributed by atoms with Crippen LogP contribution in [0.5, 0.6) is 5.75 Å². The lowest BCUT2D eigenvalue weighted by Crippen LogP contribution is -2.42. The summed E-state index contributed by atoms with van der Waals surface area (Å²) in [6, 6.07) is 50.8. The molecule has 19 heteroatoms. The summed E-state index contributed by atoms with van der Waals surface area (Å²) in [5.41, 5.74) is 8.82. The minimum atomic E-state index is -0.840. The Labute approximate surface area is 576 Å². The van der Waals surface area contributed by atoms with E-state index in [0.717, 1.165) is 106 Å². The molecule has 3 unspecified atom stereocenters. The van der Waals surface area contributed by atoms with Gasteiger partial charge in [0, 0.05) is 59.9 Å². The zero-order valence-electron chi connectivity index (χ0n) is 55.3. The summed E-state index contributed by atoms with van der Waals surface area (Å²) in [6.45, 7) is 21.5. The molecular formula is C76H102N6O10S3. The van der Waals surface area contributed by atoms with Crippen molar-refractivity contribution >= 4 is 70.1 Å². The van der Waals surface area contributed by atoms with Gasteiger partial charge in [-0.05, 0) is 203 Å². The topological polar surface area (TPSA) is 210 Å². The lowest BCUT2D eigenvalue weighted by Gasteiger charge is -2.35. The van der Waals surface area contributed by atoms with Crippen LogP contribution in [-0.4, -0.2) is 106 Å². The Morgan fingerprint density at radius 1 is 0.453 bits per heavy atom. The van der Waals surface area contributed by atoms with E-state index >= 15 is 0 Å². The number of para-hydroxylation sites is 1. The van der Waals surface area contributed by atoms with Crippen molar-refractivity contribution in [3.8, 4) is 5.75 Å². The maximum Gasteiger partial charge on any atom is 0.415 e. The maximum atomic E-state index is 12.8. The molecule has 0 saturated carbocycles. The number of aryl methyl sites for hydroxylation is 3. The highest BCUT2D eigenvalue weighted by atomic mass is 32.1. The average Bonchev–Trinajstić information content (AvgIpc) is 1.96. The molecule has 0 spiro atoms. The first-order valence-electron chi connectivity index (χ1n) is 32.3.